The summed E-state index contributed by atoms with van der Waals surface area (Å²) < 4.78 is 10.6. The monoisotopic (exact) mass is 324 g/mol. The minimum absolute atomic E-state index is 0.00400. The van der Waals surface area contributed by atoms with Crippen LogP contribution in [0.3, 0.4) is 0 Å². The fourth-order valence-corrected chi connectivity index (χ4v) is 3.39. The number of hydrogen-bond donors (Lipinski definition) is 1. The summed E-state index contributed by atoms with van der Waals surface area (Å²) in [6.45, 7) is 4.51. The van der Waals surface area contributed by atoms with Crippen molar-refractivity contribution in [1.82, 2.24) is 10.2 Å². The van der Waals surface area contributed by atoms with E-state index in [-0.39, 0.29) is 5.91 Å². The third-order valence-corrected chi connectivity index (χ3v) is 4.63. The Morgan fingerprint density at radius 2 is 2.05 bits per heavy atom. The van der Waals surface area contributed by atoms with Gasteiger partial charge in [-0.3, -0.25) is 4.79 Å². The number of amides is 1. The van der Waals surface area contributed by atoms with Crippen molar-refractivity contribution in [2.45, 2.75) is 0 Å². The Kier molecular flexibility index (Phi) is 4.86. The molecular weight excluding hydrogens is 304 g/mol. The van der Waals surface area contributed by atoms with Gasteiger partial charge < -0.3 is 19.7 Å². The molecule has 0 spiro atoms. The van der Waals surface area contributed by atoms with Gasteiger partial charge in [0.2, 0.25) is 0 Å². The highest BCUT2D eigenvalue weighted by atomic mass is 35.5. The Bertz CT molecular complexity index is 540. The molecule has 0 bridgehead atoms. The van der Waals surface area contributed by atoms with E-state index in [1.54, 1.807) is 25.3 Å². The van der Waals surface area contributed by atoms with Crippen molar-refractivity contribution < 1.29 is 14.3 Å². The number of likely N-dealkylation sites (tertiary alicyclic amines) is 1. The number of carbonyl (C=O) groups excluding carboxylic acids is 1. The molecule has 3 rings (SSSR count). The van der Waals surface area contributed by atoms with Crippen molar-refractivity contribution in [3.8, 4) is 5.75 Å². The topological polar surface area (TPSA) is 50.8 Å². The molecule has 6 heteroatoms. The normalized spacial score (nSPS) is 23.6. The summed E-state index contributed by atoms with van der Waals surface area (Å²) in [6.07, 6.45) is 0. The van der Waals surface area contributed by atoms with Crippen LogP contribution >= 0.6 is 11.6 Å². The number of nitrogens with zero attached hydrogens (tertiary/aromatic N) is 1. The number of halogens is 1. The quantitative estimate of drug-likeness (QED) is 0.837. The maximum absolute atomic E-state index is 12.8. The lowest BCUT2D eigenvalue weighted by Crippen LogP contribution is -2.32. The van der Waals surface area contributed by atoms with Crippen molar-refractivity contribution in [3.63, 3.8) is 0 Å². The Balaban J connectivity index is 1.74. The molecule has 0 radical (unpaired) electrons. The Labute approximate surface area is 135 Å². The summed E-state index contributed by atoms with van der Waals surface area (Å²) in [5.41, 5.74) is 0.538. The van der Waals surface area contributed by atoms with Crippen LogP contribution in [0.1, 0.15) is 10.4 Å². The SMILES string of the molecule is COCCOc1ccc(Cl)cc1C(=O)N1C[C@H]2CNC[C@H]2C1. The van der Waals surface area contributed by atoms with Crippen LogP contribution in [0, 0.1) is 11.8 Å². The van der Waals surface area contributed by atoms with Crippen LogP contribution < -0.4 is 10.1 Å². The predicted molar refractivity (Wildman–Crippen MR) is 84.6 cm³/mol. The zero-order valence-electron chi connectivity index (χ0n) is 12.7. The Morgan fingerprint density at radius 1 is 1.32 bits per heavy atom. The summed E-state index contributed by atoms with van der Waals surface area (Å²) in [5.74, 6) is 1.72. The lowest BCUT2D eigenvalue weighted by atomic mass is 10.0. The number of fused-ring (bicyclic) bond motifs is 1. The third kappa shape index (κ3) is 3.21. The minimum atomic E-state index is 0.00400. The lowest BCUT2D eigenvalue weighted by Gasteiger charge is -2.19. The average molecular weight is 325 g/mol. The van der Waals surface area contributed by atoms with Crippen molar-refractivity contribution in [2.24, 2.45) is 11.8 Å². The second-order valence-corrected chi connectivity index (χ2v) is 6.31. The Morgan fingerprint density at radius 3 is 2.73 bits per heavy atom. The smallest absolute Gasteiger partial charge is 0.257 e. The van der Waals surface area contributed by atoms with Crippen LogP contribution in [-0.4, -0.2) is 57.3 Å². The van der Waals surface area contributed by atoms with Gasteiger partial charge in [-0.1, -0.05) is 11.6 Å². The molecule has 2 saturated heterocycles. The molecule has 1 aromatic carbocycles. The van der Waals surface area contributed by atoms with Crippen LogP contribution in [-0.2, 0) is 4.74 Å². The summed E-state index contributed by atoms with van der Waals surface area (Å²) in [7, 11) is 1.62. The first-order chi connectivity index (χ1) is 10.7. The standard InChI is InChI=1S/C16H21ClN2O3/c1-21-4-5-22-15-3-2-13(17)6-14(15)16(20)19-9-11-7-18-8-12(11)10-19/h2-3,6,11-12,18H,4-5,7-10H2,1H3/t11-,12+. The zero-order chi connectivity index (χ0) is 15.5. The van der Waals surface area contributed by atoms with Gasteiger partial charge in [0.25, 0.3) is 5.91 Å². The van der Waals surface area contributed by atoms with Gasteiger partial charge in [0.1, 0.15) is 12.4 Å². The summed E-state index contributed by atoms with van der Waals surface area (Å²) in [5, 5.41) is 3.93. The molecule has 0 unspecified atom stereocenters. The molecule has 5 nitrogen and oxygen atoms in total. The summed E-state index contributed by atoms with van der Waals surface area (Å²) in [6, 6.07) is 5.19. The molecule has 0 saturated carbocycles. The van der Waals surface area contributed by atoms with E-state index < -0.39 is 0 Å². The number of benzene rings is 1. The maximum atomic E-state index is 12.8. The van der Waals surface area contributed by atoms with E-state index in [1.807, 2.05) is 4.90 Å². The number of nitrogens with one attached hydrogen (secondary N) is 1. The molecule has 1 N–H and O–H groups in total. The third-order valence-electron chi connectivity index (χ3n) is 4.39. The van der Waals surface area contributed by atoms with Crippen molar-refractivity contribution in [1.29, 1.82) is 0 Å². The highest BCUT2D eigenvalue weighted by Crippen LogP contribution is 2.30. The minimum Gasteiger partial charge on any atom is -0.490 e. The molecule has 22 heavy (non-hydrogen) atoms. The number of carbonyl (C=O) groups is 1. The molecule has 2 aliphatic heterocycles. The second kappa shape index (κ2) is 6.86. The highest BCUT2D eigenvalue weighted by molar-refractivity contribution is 6.31. The van der Waals surface area contributed by atoms with Crippen molar-refractivity contribution in [2.75, 3.05) is 46.5 Å². The zero-order valence-corrected chi connectivity index (χ0v) is 13.4. The van der Waals surface area contributed by atoms with Gasteiger partial charge in [0.05, 0.1) is 12.2 Å². The van der Waals surface area contributed by atoms with Gasteiger partial charge in [-0.05, 0) is 30.0 Å². The van der Waals surface area contributed by atoms with Gasteiger partial charge in [-0.2, -0.15) is 0 Å². The highest BCUT2D eigenvalue weighted by Gasteiger charge is 2.38. The van der Waals surface area contributed by atoms with E-state index in [0.717, 1.165) is 26.2 Å². The van der Waals surface area contributed by atoms with Crippen molar-refractivity contribution >= 4 is 17.5 Å². The Hall–Kier alpha value is -1.30. The molecule has 0 aromatic heterocycles. The number of methoxy groups -OCH3 is 1. The average Bonchev–Trinajstić information content (AvgIpc) is 3.09. The van der Waals surface area contributed by atoms with Gasteiger partial charge >= 0.3 is 0 Å². The largest absolute Gasteiger partial charge is 0.490 e. The first kappa shape index (κ1) is 15.6. The molecule has 2 aliphatic rings. The van der Waals surface area contributed by atoms with E-state index in [9.17, 15) is 4.79 Å². The van der Waals surface area contributed by atoms with Gasteiger partial charge in [-0.15, -0.1) is 0 Å². The first-order valence-electron chi connectivity index (χ1n) is 7.60. The number of ether oxygens (including phenoxy) is 2. The van der Waals surface area contributed by atoms with Crippen LogP contribution in [0.2, 0.25) is 5.02 Å². The maximum Gasteiger partial charge on any atom is 0.257 e. The molecule has 0 aliphatic carbocycles. The van der Waals surface area contributed by atoms with E-state index >= 15 is 0 Å². The van der Waals surface area contributed by atoms with E-state index in [0.29, 0.717) is 41.4 Å². The van der Waals surface area contributed by atoms with E-state index in [4.69, 9.17) is 21.1 Å². The van der Waals surface area contributed by atoms with Gasteiger partial charge in [0.15, 0.2) is 0 Å². The second-order valence-electron chi connectivity index (χ2n) is 5.87. The number of rotatable bonds is 5. The fraction of sp³-hybridized carbons (Fsp3) is 0.562. The molecule has 120 valence electrons. The molecule has 2 fully saturated rings. The molecular formula is C16H21ClN2O3. The van der Waals surface area contributed by atoms with Crippen molar-refractivity contribution in [3.05, 3.63) is 28.8 Å². The van der Waals surface area contributed by atoms with Gasteiger partial charge in [-0.25, -0.2) is 0 Å². The summed E-state index contributed by atoms with van der Waals surface area (Å²) in [4.78, 5) is 14.7. The first-order valence-corrected chi connectivity index (χ1v) is 7.98. The molecule has 2 atom stereocenters. The molecule has 2 heterocycles. The lowest BCUT2D eigenvalue weighted by molar-refractivity contribution is 0.0774. The number of hydrogen-bond acceptors (Lipinski definition) is 4. The van der Waals surface area contributed by atoms with E-state index in [1.165, 1.54) is 0 Å². The van der Waals surface area contributed by atoms with Crippen LogP contribution in [0.25, 0.3) is 0 Å². The molecule has 1 aromatic rings. The van der Waals surface area contributed by atoms with Crippen LogP contribution in [0.5, 0.6) is 5.75 Å². The van der Waals surface area contributed by atoms with Crippen LogP contribution in [0.4, 0.5) is 0 Å². The van der Waals surface area contributed by atoms with E-state index in [2.05, 4.69) is 5.32 Å². The summed E-state index contributed by atoms with van der Waals surface area (Å²) >= 11 is 6.06. The molecule has 1 amide bonds. The predicted octanol–water partition coefficient (Wildman–Crippen LogP) is 1.66. The fourth-order valence-electron chi connectivity index (χ4n) is 3.22. The van der Waals surface area contributed by atoms with Gasteiger partial charge in [0, 0.05) is 38.3 Å². The van der Waals surface area contributed by atoms with Crippen LogP contribution in [0.15, 0.2) is 18.2 Å².